The Kier molecular flexibility index (Phi) is 2.17. The highest BCUT2D eigenvalue weighted by atomic mass is 16.3. The molecule has 1 aliphatic rings. The van der Waals surface area contributed by atoms with Crippen molar-refractivity contribution in [3.05, 3.63) is 24.2 Å². The van der Waals surface area contributed by atoms with Gasteiger partial charge in [0.25, 0.3) is 0 Å². The molecule has 0 aromatic carbocycles. The molecule has 0 amide bonds. The number of furan rings is 1. The highest BCUT2D eigenvalue weighted by Gasteiger charge is 2.27. The Hall–Kier alpha value is -0.760. The first-order valence-electron chi connectivity index (χ1n) is 4.72. The number of hydrogen-bond acceptors (Lipinski definition) is 1. The maximum absolute atomic E-state index is 5.32. The summed E-state index contributed by atoms with van der Waals surface area (Å²) in [6, 6.07) is 4.67. The summed E-state index contributed by atoms with van der Waals surface area (Å²) < 4.78 is 5.32. The molecule has 0 spiro atoms. The van der Waals surface area contributed by atoms with Crippen molar-refractivity contribution in [3.8, 4) is 0 Å². The van der Waals surface area contributed by atoms with E-state index in [4.69, 9.17) is 4.42 Å². The number of rotatable bonds is 2. The third-order valence-electron chi connectivity index (χ3n) is 2.86. The maximum atomic E-state index is 5.32. The van der Waals surface area contributed by atoms with E-state index in [-0.39, 0.29) is 0 Å². The molecular formula is C10H16NO+. The Morgan fingerprint density at radius 1 is 1.50 bits per heavy atom. The maximum Gasteiger partial charge on any atom is 0.104 e. The second kappa shape index (κ2) is 3.31. The summed E-state index contributed by atoms with van der Waals surface area (Å²) in [7, 11) is 0. The van der Waals surface area contributed by atoms with Gasteiger partial charge in [-0.1, -0.05) is 0 Å². The van der Waals surface area contributed by atoms with Crippen LogP contribution in [0.5, 0.6) is 0 Å². The van der Waals surface area contributed by atoms with Crippen molar-refractivity contribution in [2.24, 2.45) is 5.92 Å². The van der Waals surface area contributed by atoms with Gasteiger partial charge in [-0.3, -0.25) is 0 Å². The molecule has 1 aromatic heterocycles. The van der Waals surface area contributed by atoms with E-state index in [2.05, 4.69) is 11.8 Å². The molecule has 1 saturated carbocycles. The van der Waals surface area contributed by atoms with Crippen LogP contribution in [0.15, 0.2) is 22.8 Å². The average Bonchev–Trinajstić information content (AvgIpc) is 2.65. The average molecular weight is 166 g/mol. The van der Waals surface area contributed by atoms with Crippen molar-refractivity contribution >= 4 is 0 Å². The Balaban J connectivity index is 1.95. The lowest BCUT2D eigenvalue weighted by Gasteiger charge is -2.09. The van der Waals surface area contributed by atoms with Gasteiger partial charge in [0.05, 0.1) is 12.3 Å². The van der Waals surface area contributed by atoms with Crippen LogP contribution < -0.4 is 5.73 Å². The van der Waals surface area contributed by atoms with E-state index in [9.17, 15) is 0 Å². The predicted octanol–water partition coefficient (Wildman–Crippen LogP) is 1.23. The summed E-state index contributed by atoms with van der Waals surface area (Å²) in [6.45, 7) is 0. The fourth-order valence-corrected chi connectivity index (χ4v) is 2.07. The molecule has 1 heterocycles. The van der Waals surface area contributed by atoms with Crippen molar-refractivity contribution in [1.29, 1.82) is 0 Å². The van der Waals surface area contributed by atoms with E-state index in [1.54, 1.807) is 6.26 Å². The van der Waals surface area contributed by atoms with E-state index in [1.165, 1.54) is 19.3 Å². The minimum atomic E-state index is 0.648. The summed E-state index contributed by atoms with van der Waals surface area (Å²) in [5.41, 5.74) is 4.16. The minimum absolute atomic E-state index is 0.648. The van der Waals surface area contributed by atoms with E-state index in [1.807, 2.05) is 6.07 Å². The second-order valence-electron chi connectivity index (χ2n) is 3.73. The van der Waals surface area contributed by atoms with Crippen molar-refractivity contribution in [3.63, 3.8) is 0 Å². The van der Waals surface area contributed by atoms with Gasteiger partial charge in [-0.15, -0.1) is 0 Å². The number of hydrogen-bond donors (Lipinski definition) is 1. The Morgan fingerprint density at radius 2 is 2.42 bits per heavy atom. The smallest absolute Gasteiger partial charge is 0.104 e. The van der Waals surface area contributed by atoms with Gasteiger partial charge in [0.2, 0.25) is 0 Å². The first-order valence-corrected chi connectivity index (χ1v) is 4.72. The fraction of sp³-hybridized carbons (Fsp3) is 0.600. The Bertz CT molecular complexity index is 230. The van der Waals surface area contributed by atoms with Gasteiger partial charge in [0.15, 0.2) is 0 Å². The quantitative estimate of drug-likeness (QED) is 0.705. The van der Waals surface area contributed by atoms with Gasteiger partial charge in [0.1, 0.15) is 5.76 Å². The lowest BCUT2D eigenvalue weighted by molar-refractivity contribution is -0.428. The number of quaternary nitrogens is 1. The molecule has 1 fully saturated rings. The summed E-state index contributed by atoms with van der Waals surface area (Å²) in [6.07, 6.45) is 6.81. The summed E-state index contributed by atoms with van der Waals surface area (Å²) in [5.74, 6) is 1.88. The van der Waals surface area contributed by atoms with Crippen LogP contribution >= 0.6 is 0 Å². The Morgan fingerprint density at radius 3 is 3.00 bits per heavy atom. The second-order valence-corrected chi connectivity index (χ2v) is 3.73. The van der Waals surface area contributed by atoms with Crippen LogP contribution in [0.1, 0.15) is 25.0 Å². The molecule has 0 aliphatic heterocycles. The fourth-order valence-electron chi connectivity index (χ4n) is 2.07. The molecule has 2 atom stereocenters. The molecule has 0 bridgehead atoms. The lowest BCUT2D eigenvalue weighted by atomic mass is 9.99. The molecule has 2 heteroatoms. The molecule has 0 saturated heterocycles. The zero-order valence-electron chi connectivity index (χ0n) is 7.33. The van der Waals surface area contributed by atoms with Gasteiger partial charge in [-0.25, -0.2) is 0 Å². The standard InChI is InChI=1S/C10H15NO/c11-10-5-1-3-8(10)7-9-4-2-6-12-9/h2,4,6,8,10H,1,3,5,7,11H2/p+1/t8-,10+/m1/s1. The van der Waals surface area contributed by atoms with Gasteiger partial charge in [-0.05, 0) is 31.4 Å². The molecular weight excluding hydrogens is 150 g/mol. The zero-order chi connectivity index (χ0) is 8.39. The zero-order valence-corrected chi connectivity index (χ0v) is 7.33. The summed E-state index contributed by atoms with van der Waals surface area (Å²) >= 11 is 0. The monoisotopic (exact) mass is 166 g/mol. The van der Waals surface area contributed by atoms with Gasteiger partial charge < -0.3 is 10.2 Å². The van der Waals surface area contributed by atoms with E-state index < -0.39 is 0 Å². The van der Waals surface area contributed by atoms with Crippen LogP contribution in [0.25, 0.3) is 0 Å². The lowest BCUT2D eigenvalue weighted by Crippen LogP contribution is -2.62. The van der Waals surface area contributed by atoms with Gasteiger partial charge in [0, 0.05) is 12.3 Å². The molecule has 66 valence electrons. The highest BCUT2D eigenvalue weighted by Crippen LogP contribution is 2.26. The summed E-state index contributed by atoms with van der Waals surface area (Å²) in [4.78, 5) is 0. The molecule has 2 nitrogen and oxygen atoms in total. The van der Waals surface area contributed by atoms with Gasteiger partial charge >= 0.3 is 0 Å². The van der Waals surface area contributed by atoms with Crippen LogP contribution in [-0.4, -0.2) is 6.04 Å². The molecule has 0 radical (unpaired) electrons. The van der Waals surface area contributed by atoms with Crippen LogP contribution in [0, 0.1) is 5.92 Å². The molecule has 1 aromatic rings. The SMILES string of the molecule is [NH3+][C@H]1CCC[C@@H]1Cc1ccco1. The normalized spacial score (nSPS) is 29.4. The molecule has 3 N–H and O–H groups in total. The third-order valence-corrected chi connectivity index (χ3v) is 2.86. The summed E-state index contributed by atoms with van der Waals surface area (Å²) in [5, 5.41) is 0. The van der Waals surface area contributed by atoms with E-state index in [0.717, 1.165) is 18.1 Å². The first kappa shape index (κ1) is 7.87. The van der Waals surface area contributed by atoms with E-state index >= 15 is 0 Å². The third kappa shape index (κ3) is 1.53. The van der Waals surface area contributed by atoms with Crippen molar-refractivity contribution in [2.75, 3.05) is 0 Å². The highest BCUT2D eigenvalue weighted by molar-refractivity contribution is 5.00. The first-order chi connectivity index (χ1) is 5.86. The molecule has 12 heavy (non-hydrogen) atoms. The molecule has 1 aliphatic carbocycles. The van der Waals surface area contributed by atoms with Crippen LogP contribution in [0.4, 0.5) is 0 Å². The van der Waals surface area contributed by atoms with Crippen molar-refractivity contribution in [1.82, 2.24) is 0 Å². The van der Waals surface area contributed by atoms with E-state index in [0.29, 0.717) is 6.04 Å². The minimum Gasteiger partial charge on any atom is -0.469 e. The molecule has 2 rings (SSSR count). The predicted molar refractivity (Wildman–Crippen MR) is 46.4 cm³/mol. The van der Waals surface area contributed by atoms with Crippen molar-refractivity contribution < 1.29 is 10.2 Å². The van der Waals surface area contributed by atoms with Crippen molar-refractivity contribution in [2.45, 2.75) is 31.7 Å². The Labute approximate surface area is 72.7 Å². The topological polar surface area (TPSA) is 40.8 Å². The molecule has 0 unspecified atom stereocenters. The van der Waals surface area contributed by atoms with Gasteiger partial charge in [-0.2, -0.15) is 0 Å². The largest absolute Gasteiger partial charge is 0.469 e. The van der Waals surface area contributed by atoms with Crippen LogP contribution in [-0.2, 0) is 6.42 Å². The van der Waals surface area contributed by atoms with Crippen LogP contribution in [0.3, 0.4) is 0 Å². The van der Waals surface area contributed by atoms with Crippen LogP contribution in [0.2, 0.25) is 0 Å².